The third kappa shape index (κ3) is 9.44. The number of nitrogens with zero attached hydrogens (tertiary/aromatic N) is 1. The third-order valence-electron chi connectivity index (χ3n) is 5.14. The van der Waals surface area contributed by atoms with Crippen LogP contribution in [0.3, 0.4) is 0 Å². The van der Waals surface area contributed by atoms with Crippen LogP contribution in [0.25, 0.3) is 0 Å². The number of aliphatic hydroxyl groups excluding tert-OH is 1. The van der Waals surface area contributed by atoms with Crippen LogP contribution in [0.4, 0.5) is 4.39 Å². The van der Waals surface area contributed by atoms with Crippen LogP contribution in [-0.4, -0.2) is 74.2 Å². The summed E-state index contributed by atoms with van der Waals surface area (Å²) in [6.45, 7) is 6.09. The monoisotopic (exact) mass is 633 g/mol. The summed E-state index contributed by atoms with van der Waals surface area (Å²) in [5, 5.41) is 10.3. The molecule has 1 fully saturated rings. The molecule has 1 aliphatic rings. The lowest BCUT2D eigenvalue weighted by Crippen LogP contribution is -2.42. The van der Waals surface area contributed by atoms with E-state index in [-0.39, 0.29) is 17.5 Å². The number of carbonyl (C=O) groups is 2. The van der Waals surface area contributed by atoms with Gasteiger partial charge in [-0.05, 0) is 32.6 Å². The lowest BCUT2D eigenvalue weighted by Gasteiger charge is -2.28. The number of aliphatic hydroxyl groups is 1. The smallest absolute Gasteiger partial charge is 0.330 e. The second-order valence-electron chi connectivity index (χ2n) is 10.0. The minimum Gasteiger partial charge on any atom is -0.462 e. The quantitative estimate of drug-likeness (QED) is 0.134. The Morgan fingerprint density at radius 2 is 2.00 bits per heavy atom. The number of ether oxygens (including phenoxy) is 2. The van der Waals surface area contributed by atoms with E-state index >= 15 is 4.39 Å². The maximum Gasteiger partial charge on any atom is 0.330 e. The highest BCUT2D eigenvalue weighted by Crippen LogP contribution is 2.48. The number of alkyl halides is 2. The number of hydrogen-bond donors (Lipinski definition) is 3. The highest BCUT2D eigenvalue weighted by atomic mass is 35.5. The van der Waals surface area contributed by atoms with Crippen molar-refractivity contribution in [2.24, 2.45) is 5.41 Å². The number of thioether (sulfide) groups is 1. The molecule has 1 saturated heterocycles. The second kappa shape index (κ2) is 13.7. The topological polar surface area (TPSA) is 158 Å². The van der Waals surface area contributed by atoms with Crippen molar-refractivity contribution in [3.05, 3.63) is 33.1 Å². The minimum absolute atomic E-state index is 0.0330. The van der Waals surface area contributed by atoms with Crippen LogP contribution < -0.4 is 16.3 Å². The SMILES string of the molecule is CC(C)OC(=O)C(C)NP(=S)(OCCSC(=O)C(C)(C)C)OC[C@H]1O[C@@H](n2ccc(=O)[nH]c2=O)[C@@](F)(Cl)[C@@H]1O. The zero-order valence-electron chi connectivity index (χ0n) is 22.3. The highest BCUT2D eigenvalue weighted by molar-refractivity contribution is 8.13. The van der Waals surface area contributed by atoms with Gasteiger partial charge in [-0.2, -0.15) is 0 Å². The lowest BCUT2D eigenvalue weighted by molar-refractivity contribution is -0.149. The molecule has 0 saturated carbocycles. The normalized spacial score (nSPS) is 25.8. The molecule has 6 atom stereocenters. The Balaban J connectivity index is 2.16. The molecular weight excluding hydrogens is 600 g/mol. The van der Waals surface area contributed by atoms with Gasteiger partial charge in [0.1, 0.15) is 18.2 Å². The summed E-state index contributed by atoms with van der Waals surface area (Å²) in [4.78, 5) is 50.0. The molecule has 1 aliphatic heterocycles. The summed E-state index contributed by atoms with van der Waals surface area (Å²) in [7, 11) is 0. The highest BCUT2D eigenvalue weighted by Gasteiger charge is 2.58. The van der Waals surface area contributed by atoms with Crippen molar-refractivity contribution in [1.29, 1.82) is 0 Å². The minimum atomic E-state index is -3.52. The fraction of sp³-hybridized carbons (Fsp3) is 0.727. The van der Waals surface area contributed by atoms with Crippen LogP contribution in [0.15, 0.2) is 21.9 Å². The fourth-order valence-electron chi connectivity index (χ4n) is 3.13. The van der Waals surface area contributed by atoms with E-state index in [9.17, 15) is 24.3 Å². The van der Waals surface area contributed by atoms with Crippen molar-refractivity contribution in [1.82, 2.24) is 14.6 Å². The Labute approximate surface area is 239 Å². The molecule has 2 heterocycles. The van der Waals surface area contributed by atoms with Crippen LogP contribution >= 0.6 is 30.0 Å². The van der Waals surface area contributed by atoms with E-state index < -0.39 is 71.6 Å². The maximum absolute atomic E-state index is 15.3. The van der Waals surface area contributed by atoms with Gasteiger partial charge in [-0.3, -0.25) is 23.9 Å². The van der Waals surface area contributed by atoms with Gasteiger partial charge >= 0.3 is 11.7 Å². The number of aromatic amines is 1. The number of carbonyl (C=O) groups excluding carboxylic acids is 2. The van der Waals surface area contributed by atoms with Gasteiger partial charge in [0.25, 0.3) is 17.3 Å². The van der Waals surface area contributed by atoms with E-state index in [1.54, 1.807) is 34.6 Å². The Bertz CT molecular complexity index is 1190. The summed E-state index contributed by atoms with van der Waals surface area (Å²) in [6, 6.07) is 0.00297. The van der Waals surface area contributed by atoms with Gasteiger partial charge in [0.2, 0.25) is 0 Å². The lowest BCUT2D eigenvalue weighted by atomic mass is 10.00. The van der Waals surface area contributed by atoms with Gasteiger partial charge < -0.3 is 23.6 Å². The zero-order valence-corrected chi connectivity index (χ0v) is 25.6. The summed E-state index contributed by atoms with van der Waals surface area (Å²) >= 11 is 12.5. The maximum atomic E-state index is 15.3. The fourth-order valence-corrected chi connectivity index (χ4v) is 6.70. The first-order chi connectivity index (χ1) is 17.9. The first-order valence-electron chi connectivity index (χ1n) is 11.9. The molecule has 0 spiro atoms. The summed E-state index contributed by atoms with van der Waals surface area (Å²) in [5.74, 6) is -0.388. The second-order valence-corrected chi connectivity index (χ2v) is 14.9. The number of halogens is 2. The largest absolute Gasteiger partial charge is 0.462 e. The van der Waals surface area contributed by atoms with Gasteiger partial charge in [-0.1, -0.05) is 44.1 Å². The van der Waals surface area contributed by atoms with Crippen molar-refractivity contribution in [3.8, 4) is 0 Å². The van der Waals surface area contributed by atoms with E-state index in [0.29, 0.717) is 4.57 Å². The standard InChI is InChI=1S/C22H34ClFN3O9PS2/c1-12(2)35-17(30)13(3)26-37(38,33-9-10-39-19(31)21(4,5)6)34-11-14-16(29)22(23,24)18(36-14)27-8-7-15(28)25-20(27)32/h7-8,12-14,16,18,29H,9-11H2,1-6H3,(H,26,38)(H,25,28,32)/t13?,14-,16-,18-,22-,37?/m1/s1. The average Bonchev–Trinajstić information content (AvgIpc) is 3.03. The molecule has 1 aromatic rings. The van der Waals surface area contributed by atoms with E-state index in [1.165, 1.54) is 6.92 Å². The summed E-state index contributed by atoms with van der Waals surface area (Å²) < 4.78 is 38.2. The molecular formula is C22H34ClFN3O9PS2. The summed E-state index contributed by atoms with van der Waals surface area (Å²) in [6.07, 6.45) is -4.61. The number of rotatable bonds is 12. The Morgan fingerprint density at radius 1 is 1.36 bits per heavy atom. The molecule has 12 nitrogen and oxygen atoms in total. The van der Waals surface area contributed by atoms with Gasteiger partial charge in [0.15, 0.2) is 11.3 Å². The van der Waals surface area contributed by atoms with Crippen molar-refractivity contribution in [3.63, 3.8) is 0 Å². The Hall–Kier alpha value is -1.16. The molecule has 2 unspecified atom stereocenters. The van der Waals surface area contributed by atoms with E-state index in [2.05, 4.69) is 5.09 Å². The number of nitrogens with one attached hydrogen (secondary N) is 2. The van der Waals surface area contributed by atoms with Crippen LogP contribution in [0, 0.1) is 5.41 Å². The predicted molar refractivity (Wildman–Crippen MR) is 148 cm³/mol. The molecule has 0 aliphatic carbocycles. The van der Waals surface area contributed by atoms with Crippen LogP contribution in [0.5, 0.6) is 0 Å². The number of H-pyrrole nitrogens is 1. The average molecular weight is 634 g/mol. The van der Waals surface area contributed by atoms with E-state index in [4.69, 9.17) is 41.9 Å². The molecule has 0 bridgehead atoms. The van der Waals surface area contributed by atoms with E-state index in [0.717, 1.165) is 24.0 Å². The Morgan fingerprint density at radius 3 is 2.56 bits per heavy atom. The van der Waals surface area contributed by atoms with Crippen molar-refractivity contribution in [2.75, 3.05) is 19.0 Å². The number of esters is 1. The van der Waals surface area contributed by atoms with Crippen molar-refractivity contribution < 1.29 is 37.6 Å². The summed E-state index contributed by atoms with van der Waals surface area (Å²) in [5.41, 5.74) is -2.28. The molecule has 3 N–H and O–H groups in total. The van der Waals surface area contributed by atoms with Crippen LogP contribution in [0.1, 0.15) is 47.8 Å². The molecule has 0 aromatic carbocycles. The third-order valence-corrected chi connectivity index (χ3v) is 9.46. The van der Waals surface area contributed by atoms with Gasteiger partial charge in [0.05, 0.1) is 19.3 Å². The first kappa shape index (κ1) is 34.0. The molecule has 222 valence electrons. The molecule has 0 amide bonds. The van der Waals surface area contributed by atoms with Crippen molar-refractivity contribution in [2.45, 2.75) is 77.3 Å². The van der Waals surface area contributed by atoms with Crippen molar-refractivity contribution >= 4 is 52.9 Å². The van der Waals surface area contributed by atoms with Gasteiger partial charge in [0, 0.05) is 23.4 Å². The van der Waals surface area contributed by atoms with Gasteiger partial charge in [-0.25, -0.2) is 14.3 Å². The predicted octanol–water partition coefficient (Wildman–Crippen LogP) is 2.19. The Kier molecular flexibility index (Phi) is 11.9. The first-order valence-corrected chi connectivity index (χ1v) is 15.9. The van der Waals surface area contributed by atoms with E-state index in [1.807, 2.05) is 4.98 Å². The van der Waals surface area contributed by atoms with Crippen LogP contribution in [0.2, 0.25) is 0 Å². The molecule has 17 heteroatoms. The number of hydrogen-bond acceptors (Lipinski definition) is 11. The molecule has 0 radical (unpaired) electrons. The molecule has 1 aromatic heterocycles. The molecule has 2 rings (SSSR count). The molecule has 39 heavy (non-hydrogen) atoms. The van der Waals surface area contributed by atoms with Gasteiger partial charge in [-0.15, -0.1) is 0 Å². The number of aromatic nitrogens is 2. The zero-order chi connectivity index (χ0) is 29.8. The van der Waals surface area contributed by atoms with Crippen LogP contribution in [-0.2, 0) is 39.9 Å².